The zero-order valence-corrected chi connectivity index (χ0v) is 11.7. The fourth-order valence-corrected chi connectivity index (χ4v) is 2.06. The molecule has 5 nitrogen and oxygen atoms in total. The van der Waals surface area contributed by atoms with Crippen molar-refractivity contribution in [3.05, 3.63) is 18.2 Å². The first-order chi connectivity index (χ1) is 8.69. The molecule has 0 bridgehead atoms. The van der Waals surface area contributed by atoms with Crippen LogP contribution in [-0.2, 0) is 17.9 Å². The molecule has 18 heavy (non-hydrogen) atoms. The van der Waals surface area contributed by atoms with Crippen LogP contribution in [0.5, 0.6) is 0 Å². The molecule has 1 aromatic rings. The van der Waals surface area contributed by atoms with Crippen molar-refractivity contribution < 1.29 is 9.90 Å². The Morgan fingerprint density at radius 3 is 3.11 bits per heavy atom. The number of aliphatic hydroxyl groups excluding tert-OH is 1. The maximum absolute atomic E-state index is 11.6. The summed E-state index contributed by atoms with van der Waals surface area (Å²) in [5, 5.41) is 12.3. The number of nitrogens with one attached hydrogen (secondary N) is 1. The third-order valence-electron chi connectivity index (χ3n) is 2.59. The van der Waals surface area contributed by atoms with Gasteiger partial charge in [-0.25, -0.2) is 4.98 Å². The highest BCUT2D eigenvalue weighted by Crippen LogP contribution is 2.02. The fraction of sp³-hybridized carbons (Fsp3) is 0.667. The van der Waals surface area contributed by atoms with E-state index in [2.05, 4.69) is 17.2 Å². The van der Waals surface area contributed by atoms with E-state index >= 15 is 0 Å². The first kappa shape index (κ1) is 15.0. The van der Waals surface area contributed by atoms with Gasteiger partial charge in [0.05, 0.1) is 6.54 Å². The first-order valence-corrected chi connectivity index (χ1v) is 7.53. The number of nitrogens with zero attached hydrogens (tertiary/aromatic N) is 2. The summed E-state index contributed by atoms with van der Waals surface area (Å²) in [6, 6.07) is 0. The topological polar surface area (TPSA) is 67.2 Å². The second kappa shape index (κ2) is 8.16. The molecule has 102 valence electrons. The van der Waals surface area contributed by atoms with Gasteiger partial charge in [0.2, 0.25) is 5.91 Å². The van der Waals surface area contributed by atoms with Crippen molar-refractivity contribution in [3.8, 4) is 0 Å². The predicted molar refractivity (Wildman–Crippen MR) is 73.4 cm³/mol. The number of aliphatic hydroxyl groups is 1. The Kier molecular flexibility index (Phi) is 6.82. The Bertz CT molecular complexity index is 368. The van der Waals surface area contributed by atoms with Gasteiger partial charge in [0.15, 0.2) is 0 Å². The van der Waals surface area contributed by atoms with Crippen LogP contribution in [0.1, 0.15) is 25.6 Å². The van der Waals surface area contributed by atoms with E-state index in [4.69, 9.17) is 0 Å². The minimum atomic E-state index is -0.924. The van der Waals surface area contributed by atoms with Gasteiger partial charge >= 0.3 is 0 Å². The fourth-order valence-electron chi connectivity index (χ4n) is 1.60. The molecular weight excluding hydrogens is 250 g/mol. The van der Waals surface area contributed by atoms with Gasteiger partial charge in [-0.3, -0.25) is 4.79 Å². The summed E-state index contributed by atoms with van der Waals surface area (Å²) in [6.07, 6.45) is 6.15. The number of imidazole rings is 1. The van der Waals surface area contributed by atoms with Crippen molar-refractivity contribution in [1.29, 1.82) is 0 Å². The van der Waals surface area contributed by atoms with Gasteiger partial charge in [0, 0.05) is 18.9 Å². The smallest absolute Gasteiger partial charge is 0.249 e. The highest BCUT2D eigenvalue weighted by Gasteiger charge is 2.14. The standard InChI is InChI=1S/C12H21N3O2S/c1-3-6-15-7-5-13-11(15)9-14-12(17)10(16)4-8-18-2/h5,7,10,16H,3-4,6,8-9H2,1-2H3,(H,14,17)/t10-/m1/s1. The van der Waals surface area contributed by atoms with Crippen LogP contribution in [0.3, 0.4) is 0 Å². The number of hydrogen-bond acceptors (Lipinski definition) is 4. The minimum absolute atomic E-state index is 0.324. The number of aryl methyl sites for hydroxylation is 1. The number of aromatic nitrogens is 2. The van der Waals surface area contributed by atoms with Crippen LogP contribution in [0.2, 0.25) is 0 Å². The van der Waals surface area contributed by atoms with Crippen LogP contribution < -0.4 is 5.32 Å². The van der Waals surface area contributed by atoms with E-state index in [1.165, 1.54) is 0 Å². The molecule has 6 heteroatoms. The molecule has 0 aromatic carbocycles. The van der Waals surface area contributed by atoms with Crippen molar-refractivity contribution >= 4 is 17.7 Å². The summed E-state index contributed by atoms with van der Waals surface area (Å²) in [5.74, 6) is 1.27. The average Bonchev–Trinajstić information content (AvgIpc) is 2.81. The zero-order valence-electron chi connectivity index (χ0n) is 10.9. The lowest BCUT2D eigenvalue weighted by atomic mass is 10.2. The Morgan fingerprint density at radius 1 is 1.67 bits per heavy atom. The minimum Gasteiger partial charge on any atom is -0.383 e. The van der Waals surface area contributed by atoms with Gasteiger partial charge in [-0.15, -0.1) is 0 Å². The monoisotopic (exact) mass is 271 g/mol. The Morgan fingerprint density at radius 2 is 2.44 bits per heavy atom. The van der Waals surface area contributed by atoms with Crippen molar-refractivity contribution in [3.63, 3.8) is 0 Å². The number of carbonyl (C=O) groups excluding carboxylic acids is 1. The largest absolute Gasteiger partial charge is 0.383 e. The lowest BCUT2D eigenvalue weighted by Crippen LogP contribution is -2.35. The van der Waals surface area contributed by atoms with Crippen LogP contribution in [0.15, 0.2) is 12.4 Å². The number of rotatable bonds is 8. The predicted octanol–water partition coefficient (Wildman–Crippen LogP) is 1.02. The summed E-state index contributed by atoms with van der Waals surface area (Å²) in [7, 11) is 0. The number of carbonyl (C=O) groups is 1. The molecule has 0 radical (unpaired) electrons. The van der Waals surface area contributed by atoms with Crippen LogP contribution in [0.25, 0.3) is 0 Å². The molecule has 1 atom stereocenters. The van der Waals surface area contributed by atoms with Crippen molar-refractivity contribution in [2.24, 2.45) is 0 Å². The van der Waals surface area contributed by atoms with Crippen molar-refractivity contribution in [2.75, 3.05) is 12.0 Å². The van der Waals surface area contributed by atoms with Gasteiger partial charge in [-0.1, -0.05) is 6.92 Å². The van der Waals surface area contributed by atoms with E-state index in [0.29, 0.717) is 13.0 Å². The third kappa shape index (κ3) is 4.70. The third-order valence-corrected chi connectivity index (χ3v) is 3.23. The first-order valence-electron chi connectivity index (χ1n) is 6.13. The molecule has 1 aromatic heterocycles. The zero-order chi connectivity index (χ0) is 13.4. The molecule has 0 aliphatic carbocycles. The molecule has 1 heterocycles. The van der Waals surface area contributed by atoms with Gasteiger partial charge in [0.25, 0.3) is 0 Å². The lowest BCUT2D eigenvalue weighted by Gasteiger charge is -2.11. The van der Waals surface area contributed by atoms with E-state index in [9.17, 15) is 9.90 Å². The summed E-state index contributed by atoms with van der Waals surface area (Å²) < 4.78 is 2.01. The quantitative estimate of drug-likeness (QED) is 0.741. The lowest BCUT2D eigenvalue weighted by molar-refractivity contribution is -0.129. The molecule has 0 aliphatic heterocycles. The van der Waals surface area contributed by atoms with Gasteiger partial charge in [-0.2, -0.15) is 11.8 Å². The second-order valence-electron chi connectivity index (χ2n) is 4.05. The molecule has 0 saturated heterocycles. The van der Waals surface area contributed by atoms with Gasteiger partial charge in [-0.05, 0) is 24.9 Å². The highest BCUT2D eigenvalue weighted by atomic mass is 32.2. The van der Waals surface area contributed by atoms with E-state index in [1.54, 1.807) is 18.0 Å². The maximum Gasteiger partial charge on any atom is 0.249 e. The molecule has 1 amide bonds. The average molecular weight is 271 g/mol. The van der Waals surface area contributed by atoms with Crippen molar-refractivity contribution in [2.45, 2.75) is 39.0 Å². The van der Waals surface area contributed by atoms with E-state index in [0.717, 1.165) is 24.5 Å². The molecule has 0 unspecified atom stereocenters. The SMILES string of the molecule is CCCn1ccnc1CNC(=O)[C@H](O)CCSC. The summed E-state index contributed by atoms with van der Waals surface area (Å²) in [6.45, 7) is 3.34. The van der Waals surface area contributed by atoms with Crippen LogP contribution in [-0.4, -0.2) is 38.7 Å². The highest BCUT2D eigenvalue weighted by molar-refractivity contribution is 7.98. The van der Waals surface area contributed by atoms with Gasteiger partial charge in [0.1, 0.15) is 11.9 Å². The Labute approximate surface area is 112 Å². The number of thioether (sulfide) groups is 1. The molecular formula is C12H21N3O2S. The van der Waals surface area contributed by atoms with E-state index < -0.39 is 6.10 Å². The normalized spacial score (nSPS) is 12.4. The van der Waals surface area contributed by atoms with Crippen LogP contribution in [0.4, 0.5) is 0 Å². The van der Waals surface area contributed by atoms with E-state index in [1.807, 2.05) is 17.0 Å². The maximum atomic E-state index is 11.6. The second-order valence-corrected chi connectivity index (χ2v) is 5.04. The Balaban J connectivity index is 2.39. The summed E-state index contributed by atoms with van der Waals surface area (Å²) >= 11 is 1.62. The van der Waals surface area contributed by atoms with Crippen LogP contribution >= 0.6 is 11.8 Å². The van der Waals surface area contributed by atoms with Crippen molar-refractivity contribution in [1.82, 2.24) is 14.9 Å². The van der Waals surface area contributed by atoms with E-state index in [-0.39, 0.29) is 5.91 Å². The summed E-state index contributed by atoms with van der Waals surface area (Å²) in [5.41, 5.74) is 0. The molecule has 0 spiro atoms. The molecule has 0 fully saturated rings. The molecule has 0 saturated carbocycles. The number of amides is 1. The van der Waals surface area contributed by atoms with Crippen LogP contribution in [0, 0.1) is 0 Å². The van der Waals surface area contributed by atoms with Gasteiger partial charge < -0.3 is 15.0 Å². The molecule has 1 rings (SSSR count). The molecule has 2 N–H and O–H groups in total. The summed E-state index contributed by atoms with van der Waals surface area (Å²) in [4.78, 5) is 15.8. The Hall–Kier alpha value is -1.01. The molecule has 0 aliphatic rings. The number of hydrogen-bond donors (Lipinski definition) is 2.